The Bertz CT molecular complexity index is 372. The number of hydrogen-bond acceptors (Lipinski definition) is 2. The van der Waals surface area contributed by atoms with Crippen molar-refractivity contribution >= 4 is 0 Å². The second-order valence-corrected chi connectivity index (χ2v) is 4.91. The molecule has 0 heterocycles. The SMILES string of the molecule is CC(O)Cc1cc(F)ccc1OCC1CCC1. The quantitative estimate of drug-likeness (QED) is 0.854. The topological polar surface area (TPSA) is 29.5 Å². The maximum atomic E-state index is 13.1. The third kappa shape index (κ3) is 3.43. The van der Waals surface area contributed by atoms with Crippen molar-refractivity contribution in [1.29, 1.82) is 0 Å². The highest BCUT2D eigenvalue weighted by Gasteiger charge is 2.18. The van der Waals surface area contributed by atoms with Crippen molar-refractivity contribution in [3.05, 3.63) is 29.6 Å². The number of ether oxygens (including phenoxy) is 1. The van der Waals surface area contributed by atoms with Crippen LogP contribution in [0.5, 0.6) is 5.75 Å². The monoisotopic (exact) mass is 238 g/mol. The van der Waals surface area contributed by atoms with Gasteiger partial charge in [-0.1, -0.05) is 6.42 Å². The van der Waals surface area contributed by atoms with E-state index >= 15 is 0 Å². The average molecular weight is 238 g/mol. The number of rotatable bonds is 5. The van der Waals surface area contributed by atoms with Crippen molar-refractivity contribution < 1.29 is 14.2 Å². The van der Waals surface area contributed by atoms with Crippen LogP contribution in [0.25, 0.3) is 0 Å². The molecule has 1 atom stereocenters. The molecular formula is C14H19FO2. The van der Waals surface area contributed by atoms with Crippen LogP contribution >= 0.6 is 0 Å². The van der Waals surface area contributed by atoms with Crippen molar-refractivity contribution in [2.24, 2.45) is 5.92 Å². The lowest BCUT2D eigenvalue weighted by molar-refractivity contribution is 0.173. The Labute approximate surface area is 101 Å². The Morgan fingerprint density at radius 1 is 1.47 bits per heavy atom. The van der Waals surface area contributed by atoms with E-state index in [9.17, 15) is 9.50 Å². The van der Waals surface area contributed by atoms with Crippen molar-refractivity contribution in [2.45, 2.75) is 38.7 Å². The first-order valence-electron chi connectivity index (χ1n) is 6.24. The highest BCUT2D eigenvalue weighted by molar-refractivity contribution is 5.34. The molecule has 1 aliphatic rings. The van der Waals surface area contributed by atoms with E-state index in [1.54, 1.807) is 13.0 Å². The van der Waals surface area contributed by atoms with Crippen molar-refractivity contribution in [3.63, 3.8) is 0 Å². The van der Waals surface area contributed by atoms with E-state index in [0.29, 0.717) is 24.7 Å². The summed E-state index contributed by atoms with van der Waals surface area (Å²) in [6, 6.07) is 4.51. The number of benzene rings is 1. The lowest BCUT2D eigenvalue weighted by Crippen LogP contribution is -2.20. The minimum absolute atomic E-state index is 0.281. The summed E-state index contributed by atoms with van der Waals surface area (Å²) in [4.78, 5) is 0. The first kappa shape index (κ1) is 12.4. The second-order valence-electron chi connectivity index (χ2n) is 4.91. The van der Waals surface area contributed by atoms with Gasteiger partial charge in [0.1, 0.15) is 11.6 Å². The molecule has 0 aromatic heterocycles. The van der Waals surface area contributed by atoms with Crippen LogP contribution in [0.1, 0.15) is 31.7 Å². The highest BCUT2D eigenvalue weighted by atomic mass is 19.1. The lowest BCUT2D eigenvalue weighted by Gasteiger charge is -2.25. The van der Waals surface area contributed by atoms with Gasteiger partial charge in [0.05, 0.1) is 12.7 Å². The van der Waals surface area contributed by atoms with Crippen LogP contribution in [0.2, 0.25) is 0 Å². The average Bonchev–Trinajstić information content (AvgIpc) is 2.17. The molecule has 1 aliphatic carbocycles. The van der Waals surface area contributed by atoms with E-state index in [4.69, 9.17) is 4.74 Å². The summed E-state index contributed by atoms with van der Waals surface area (Å²) < 4.78 is 18.9. The molecule has 3 heteroatoms. The van der Waals surface area contributed by atoms with Gasteiger partial charge in [0, 0.05) is 6.42 Å². The molecule has 0 aliphatic heterocycles. The van der Waals surface area contributed by atoms with E-state index in [1.165, 1.54) is 31.4 Å². The van der Waals surface area contributed by atoms with Gasteiger partial charge in [-0.3, -0.25) is 0 Å². The van der Waals surface area contributed by atoms with E-state index in [0.717, 1.165) is 5.56 Å². The molecule has 1 unspecified atom stereocenters. The summed E-state index contributed by atoms with van der Waals surface area (Å²) in [7, 11) is 0. The molecule has 1 fully saturated rings. The van der Waals surface area contributed by atoms with Crippen LogP contribution in [0.15, 0.2) is 18.2 Å². The van der Waals surface area contributed by atoms with Gasteiger partial charge in [-0.05, 0) is 49.4 Å². The second kappa shape index (κ2) is 5.50. The van der Waals surface area contributed by atoms with Crippen LogP contribution < -0.4 is 4.74 Å². The first-order chi connectivity index (χ1) is 8.15. The lowest BCUT2D eigenvalue weighted by atomic mass is 9.86. The molecule has 1 aromatic rings. The van der Waals surface area contributed by atoms with Crippen molar-refractivity contribution in [3.8, 4) is 5.75 Å². The molecule has 1 saturated carbocycles. The molecular weight excluding hydrogens is 219 g/mol. The maximum absolute atomic E-state index is 13.1. The summed E-state index contributed by atoms with van der Waals surface area (Å²) in [5.41, 5.74) is 0.749. The third-order valence-electron chi connectivity index (χ3n) is 3.24. The summed E-state index contributed by atoms with van der Waals surface area (Å²) in [6.45, 7) is 2.40. The number of aliphatic hydroxyl groups is 1. The first-order valence-corrected chi connectivity index (χ1v) is 6.24. The number of aliphatic hydroxyl groups excluding tert-OH is 1. The Morgan fingerprint density at radius 2 is 2.24 bits per heavy atom. The normalized spacial score (nSPS) is 17.6. The van der Waals surface area contributed by atoms with Gasteiger partial charge in [-0.15, -0.1) is 0 Å². The molecule has 0 amide bonds. The van der Waals surface area contributed by atoms with E-state index in [1.807, 2.05) is 0 Å². The van der Waals surface area contributed by atoms with Crippen LogP contribution in [-0.2, 0) is 6.42 Å². The fraction of sp³-hybridized carbons (Fsp3) is 0.571. The molecule has 0 radical (unpaired) electrons. The summed E-state index contributed by atoms with van der Waals surface area (Å²) >= 11 is 0. The van der Waals surface area contributed by atoms with Gasteiger partial charge >= 0.3 is 0 Å². The predicted octanol–water partition coefficient (Wildman–Crippen LogP) is 2.93. The van der Waals surface area contributed by atoms with E-state index in [-0.39, 0.29) is 5.82 Å². The van der Waals surface area contributed by atoms with Crippen molar-refractivity contribution in [1.82, 2.24) is 0 Å². The van der Waals surface area contributed by atoms with Crippen LogP contribution in [0.3, 0.4) is 0 Å². The maximum Gasteiger partial charge on any atom is 0.123 e. The van der Waals surface area contributed by atoms with Crippen molar-refractivity contribution in [2.75, 3.05) is 6.61 Å². The third-order valence-corrected chi connectivity index (χ3v) is 3.24. The summed E-state index contributed by atoms with van der Waals surface area (Å²) in [5, 5.41) is 9.38. The molecule has 1 aromatic carbocycles. The minimum atomic E-state index is -0.483. The van der Waals surface area contributed by atoms with Gasteiger partial charge in [0.25, 0.3) is 0 Å². The van der Waals surface area contributed by atoms with Crippen LogP contribution in [-0.4, -0.2) is 17.8 Å². The summed E-state index contributed by atoms with van der Waals surface area (Å²) in [6.07, 6.45) is 3.69. The molecule has 2 nitrogen and oxygen atoms in total. The van der Waals surface area contributed by atoms with Gasteiger partial charge in [-0.25, -0.2) is 4.39 Å². The Morgan fingerprint density at radius 3 is 2.82 bits per heavy atom. The Hall–Kier alpha value is -1.09. The van der Waals surface area contributed by atoms with Crippen LogP contribution in [0, 0.1) is 11.7 Å². The molecule has 1 N–H and O–H groups in total. The predicted molar refractivity (Wildman–Crippen MR) is 64.6 cm³/mol. The zero-order valence-corrected chi connectivity index (χ0v) is 10.2. The molecule has 94 valence electrons. The number of hydrogen-bond donors (Lipinski definition) is 1. The molecule has 0 bridgehead atoms. The van der Waals surface area contributed by atoms with Crippen LogP contribution in [0.4, 0.5) is 4.39 Å². The molecule has 0 saturated heterocycles. The molecule has 17 heavy (non-hydrogen) atoms. The van der Waals surface area contributed by atoms with Gasteiger partial charge in [-0.2, -0.15) is 0 Å². The molecule has 2 rings (SSSR count). The standard InChI is InChI=1S/C14H19FO2/c1-10(16)7-12-8-13(15)5-6-14(12)17-9-11-3-2-4-11/h5-6,8,10-11,16H,2-4,7,9H2,1H3. The largest absolute Gasteiger partial charge is 0.493 e. The number of halogens is 1. The van der Waals surface area contributed by atoms with Gasteiger partial charge < -0.3 is 9.84 Å². The van der Waals surface area contributed by atoms with Gasteiger partial charge in [0.15, 0.2) is 0 Å². The van der Waals surface area contributed by atoms with Gasteiger partial charge in [0.2, 0.25) is 0 Å². The van der Waals surface area contributed by atoms with E-state index < -0.39 is 6.10 Å². The zero-order chi connectivity index (χ0) is 12.3. The fourth-order valence-corrected chi connectivity index (χ4v) is 2.03. The Kier molecular flexibility index (Phi) is 4.00. The highest BCUT2D eigenvalue weighted by Crippen LogP contribution is 2.28. The Balaban J connectivity index is 2.02. The minimum Gasteiger partial charge on any atom is -0.493 e. The summed E-state index contributed by atoms with van der Waals surface area (Å²) in [5.74, 6) is 1.08. The smallest absolute Gasteiger partial charge is 0.123 e. The zero-order valence-electron chi connectivity index (χ0n) is 10.2. The van der Waals surface area contributed by atoms with E-state index in [2.05, 4.69) is 0 Å². The molecule has 0 spiro atoms. The fourth-order valence-electron chi connectivity index (χ4n) is 2.03.